The summed E-state index contributed by atoms with van der Waals surface area (Å²) in [5.41, 5.74) is 2.75. The monoisotopic (exact) mass is 576 g/mol. The Kier molecular flexibility index (Phi) is 11.8. The minimum absolute atomic E-state index is 0.213. The molecule has 0 saturated carbocycles. The van der Waals surface area contributed by atoms with Gasteiger partial charge in [0.15, 0.2) is 0 Å². The van der Waals surface area contributed by atoms with Crippen molar-refractivity contribution in [3.63, 3.8) is 0 Å². The summed E-state index contributed by atoms with van der Waals surface area (Å²) in [5, 5.41) is 5.62. The van der Waals surface area contributed by atoms with E-state index < -0.39 is 17.7 Å². The number of amides is 2. The lowest BCUT2D eigenvalue weighted by atomic mass is 9.97. The molecule has 0 aliphatic heterocycles. The molecule has 0 aliphatic carbocycles. The Morgan fingerprint density at radius 3 is 2.48 bits per heavy atom. The second-order valence-electron chi connectivity index (χ2n) is 10.9. The van der Waals surface area contributed by atoms with Gasteiger partial charge in [-0.15, -0.1) is 0 Å². The number of nitrogens with one attached hydrogen (secondary N) is 2. The van der Waals surface area contributed by atoms with E-state index in [1.54, 1.807) is 19.3 Å². The molecular formula is C32H40N4O6. The number of hydrogen-bond donors (Lipinski definition) is 2. The Labute approximate surface area is 246 Å². The van der Waals surface area contributed by atoms with Gasteiger partial charge in [-0.3, -0.25) is 19.4 Å². The fourth-order valence-corrected chi connectivity index (χ4v) is 4.26. The van der Waals surface area contributed by atoms with E-state index in [9.17, 15) is 19.2 Å². The van der Waals surface area contributed by atoms with Crippen LogP contribution in [0, 0.1) is 0 Å². The molecule has 0 fully saturated rings. The van der Waals surface area contributed by atoms with E-state index in [1.165, 1.54) is 22.9 Å². The highest BCUT2D eigenvalue weighted by Crippen LogP contribution is 2.24. The van der Waals surface area contributed by atoms with E-state index in [4.69, 9.17) is 9.47 Å². The average molecular weight is 577 g/mol. The smallest absolute Gasteiger partial charge is 0.407 e. The van der Waals surface area contributed by atoms with Gasteiger partial charge in [0, 0.05) is 42.3 Å². The molecule has 2 aromatic heterocycles. The van der Waals surface area contributed by atoms with E-state index in [-0.39, 0.29) is 24.6 Å². The molecule has 0 aliphatic rings. The maximum atomic E-state index is 13.3. The number of alkyl carbamates (subject to hydrolysis) is 1. The Hall–Kier alpha value is -4.47. The van der Waals surface area contributed by atoms with Crippen LogP contribution in [0.2, 0.25) is 0 Å². The number of ether oxygens (including phenoxy) is 2. The molecule has 0 atom stereocenters. The Bertz CT molecular complexity index is 1410. The van der Waals surface area contributed by atoms with Gasteiger partial charge in [-0.1, -0.05) is 25.0 Å². The van der Waals surface area contributed by atoms with E-state index in [2.05, 4.69) is 21.7 Å². The fourth-order valence-electron chi connectivity index (χ4n) is 4.26. The normalized spacial score (nSPS) is 11.0. The van der Waals surface area contributed by atoms with Crippen molar-refractivity contribution in [2.45, 2.75) is 71.9 Å². The predicted molar refractivity (Wildman–Crippen MR) is 161 cm³/mol. The molecule has 0 unspecified atom stereocenters. The Morgan fingerprint density at radius 2 is 1.76 bits per heavy atom. The van der Waals surface area contributed by atoms with Crippen molar-refractivity contribution in [1.82, 2.24) is 14.9 Å². The first-order valence-corrected chi connectivity index (χ1v) is 14.2. The molecule has 0 radical (unpaired) electrons. The molecule has 0 bridgehead atoms. The van der Waals surface area contributed by atoms with Crippen molar-refractivity contribution in [3.8, 4) is 11.1 Å². The van der Waals surface area contributed by atoms with Crippen molar-refractivity contribution in [1.29, 1.82) is 0 Å². The summed E-state index contributed by atoms with van der Waals surface area (Å²) in [4.78, 5) is 53.4. The number of rotatable bonds is 13. The Balaban J connectivity index is 1.65. The molecule has 10 heteroatoms. The van der Waals surface area contributed by atoms with Crippen molar-refractivity contribution < 1.29 is 23.9 Å². The summed E-state index contributed by atoms with van der Waals surface area (Å²) in [6.07, 6.45) is 8.94. The number of esters is 1. The number of carbonyl (C=O) groups excluding carboxylic acids is 3. The van der Waals surface area contributed by atoms with Crippen molar-refractivity contribution >= 4 is 23.7 Å². The third kappa shape index (κ3) is 10.8. The molecule has 2 heterocycles. The standard InChI is InChI=1S/C32H40N4O6/c1-5-41-29(38)22-36-21-27(13-14-28(36)37)35-30(39)26-18-23(17-25(19-26)24-12-10-15-33-20-24)11-8-6-7-9-16-34-31(40)42-32(2,3)4/h10,12-15,17-21H,5-9,11,16,22H2,1-4H3,(H,34,40)(H,35,39). The van der Waals surface area contributed by atoms with E-state index in [1.807, 2.05) is 45.0 Å². The second kappa shape index (κ2) is 15.5. The molecule has 0 spiro atoms. The molecule has 3 aromatic rings. The summed E-state index contributed by atoms with van der Waals surface area (Å²) >= 11 is 0. The van der Waals surface area contributed by atoms with E-state index >= 15 is 0 Å². The lowest BCUT2D eigenvalue weighted by molar-refractivity contribution is -0.143. The molecular weight excluding hydrogens is 536 g/mol. The van der Waals surface area contributed by atoms with Crippen LogP contribution >= 0.6 is 0 Å². The van der Waals surface area contributed by atoms with Crippen LogP contribution in [0.4, 0.5) is 10.5 Å². The largest absolute Gasteiger partial charge is 0.465 e. The van der Waals surface area contributed by atoms with Crippen LogP contribution in [0.5, 0.6) is 0 Å². The number of unbranched alkanes of at least 4 members (excludes halogenated alkanes) is 3. The number of pyridine rings is 2. The number of anilines is 1. The van der Waals surface area contributed by atoms with Gasteiger partial charge < -0.3 is 24.7 Å². The predicted octanol–water partition coefficient (Wildman–Crippen LogP) is 5.35. The lowest BCUT2D eigenvalue weighted by Gasteiger charge is -2.19. The number of hydrogen-bond acceptors (Lipinski definition) is 7. The number of aryl methyl sites for hydroxylation is 1. The van der Waals surface area contributed by atoms with Gasteiger partial charge in [0.2, 0.25) is 0 Å². The number of nitrogens with zero attached hydrogens (tertiary/aromatic N) is 2. The van der Waals surface area contributed by atoms with Crippen LogP contribution < -0.4 is 16.2 Å². The maximum Gasteiger partial charge on any atom is 0.407 e. The topological polar surface area (TPSA) is 129 Å². The zero-order valence-corrected chi connectivity index (χ0v) is 24.8. The summed E-state index contributed by atoms with van der Waals surface area (Å²) in [5.74, 6) is -0.868. The fraction of sp³-hybridized carbons (Fsp3) is 0.406. The van der Waals surface area contributed by atoms with Gasteiger partial charge in [0.05, 0.1) is 12.3 Å². The SMILES string of the molecule is CCOC(=O)Cn1cc(NC(=O)c2cc(CCCCCCNC(=O)OC(C)(C)C)cc(-c3cccnc3)c2)ccc1=O. The summed E-state index contributed by atoms with van der Waals surface area (Å²) in [7, 11) is 0. The minimum Gasteiger partial charge on any atom is -0.465 e. The van der Waals surface area contributed by atoms with Gasteiger partial charge in [-0.05, 0) is 82.3 Å². The summed E-state index contributed by atoms with van der Waals surface area (Å²) in [6, 6.07) is 12.3. The zero-order valence-electron chi connectivity index (χ0n) is 24.8. The van der Waals surface area contributed by atoms with Gasteiger partial charge in [-0.25, -0.2) is 4.79 Å². The molecule has 1 aromatic carbocycles. The number of benzene rings is 1. The highest BCUT2D eigenvalue weighted by molar-refractivity contribution is 6.05. The number of aromatic nitrogens is 2. The quantitative estimate of drug-likeness (QED) is 0.207. The molecule has 0 saturated heterocycles. The second-order valence-corrected chi connectivity index (χ2v) is 10.9. The van der Waals surface area contributed by atoms with Gasteiger partial charge in [0.25, 0.3) is 11.5 Å². The van der Waals surface area contributed by atoms with Gasteiger partial charge in [0.1, 0.15) is 12.1 Å². The van der Waals surface area contributed by atoms with Crippen molar-refractivity contribution in [2.24, 2.45) is 0 Å². The van der Waals surface area contributed by atoms with Crippen LogP contribution in [0.15, 0.2) is 65.8 Å². The van der Waals surface area contributed by atoms with E-state index in [0.29, 0.717) is 17.8 Å². The molecule has 224 valence electrons. The Morgan fingerprint density at radius 1 is 0.976 bits per heavy atom. The minimum atomic E-state index is -0.531. The van der Waals surface area contributed by atoms with Gasteiger partial charge >= 0.3 is 12.1 Å². The zero-order chi connectivity index (χ0) is 30.5. The average Bonchev–Trinajstić information content (AvgIpc) is 2.94. The maximum absolute atomic E-state index is 13.3. The first kappa shape index (κ1) is 32.0. The van der Waals surface area contributed by atoms with Crippen LogP contribution in [-0.2, 0) is 27.2 Å². The summed E-state index contributed by atoms with van der Waals surface area (Å²) < 4.78 is 11.4. The van der Waals surface area contributed by atoms with E-state index in [0.717, 1.165) is 48.8 Å². The van der Waals surface area contributed by atoms with Crippen molar-refractivity contribution in [3.05, 3.63) is 82.5 Å². The molecule has 2 N–H and O–H groups in total. The molecule has 10 nitrogen and oxygen atoms in total. The first-order chi connectivity index (χ1) is 20.0. The summed E-state index contributed by atoms with van der Waals surface area (Å²) in [6.45, 7) is 7.72. The molecule has 2 amide bonds. The highest BCUT2D eigenvalue weighted by atomic mass is 16.6. The van der Waals surface area contributed by atoms with Crippen LogP contribution in [0.1, 0.15) is 69.3 Å². The first-order valence-electron chi connectivity index (χ1n) is 14.2. The van der Waals surface area contributed by atoms with Crippen LogP contribution in [0.25, 0.3) is 11.1 Å². The highest BCUT2D eigenvalue weighted by Gasteiger charge is 2.15. The third-order valence-electron chi connectivity index (χ3n) is 6.16. The molecule has 42 heavy (non-hydrogen) atoms. The van der Waals surface area contributed by atoms with Crippen molar-refractivity contribution in [2.75, 3.05) is 18.5 Å². The van der Waals surface area contributed by atoms with Crippen LogP contribution in [0.3, 0.4) is 0 Å². The molecule has 3 rings (SSSR count). The van der Waals surface area contributed by atoms with Gasteiger partial charge in [-0.2, -0.15) is 0 Å². The lowest BCUT2D eigenvalue weighted by Crippen LogP contribution is -2.32. The number of carbonyl (C=O) groups is 3. The van der Waals surface area contributed by atoms with Crippen LogP contribution in [-0.4, -0.2) is 46.3 Å². The third-order valence-corrected chi connectivity index (χ3v) is 6.16.